The van der Waals surface area contributed by atoms with Gasteiger partial charge in [-0.15, -0.1) is 10.2 Å². The molecule has 0 bridgehead atoms. The normalized spacial score (nSPS) is 10.2. The second-order valence-corrected chi connectivity index (χ2v) is 2.72. The van der Waals surface area contributed by atoms with Crippen molar-refractivity contribution in [1.82, 2.24) is 29.8 Å². The van der Waals surface area contributed by atoms with E-state index >= 15 is 0 Å². The Hall–Kier alpha value is -2.25. The van der Waals surface area contributed by atoms with Crippen LogP contribution in [-0.2, 0) is 18.4 Å². The van der Waals surface area contributed by atoms with Gasteiger partial charge in [-0.2, -0.15) is 4.80 Å². The highest BCUT2D eigenvalue weighted by Gasteiger charge is 2.07. The molecule has 8 heteroatoms. The molecule has 2 rings (SSSR count). The summed E-state index contributed by atoms with van der Waals surface area (Å²) in [6.45, 7) is -0.00907. The Labute approximate surface area is 84.5 Å². The molecule has 0 fully saturated rings. The van der Waals surface area contributed by atoms with Gasteiger partial charge in [0, 0.05) is 12.4 Å². The molecule has 2 aromatic heterocycles. The molecule has 2 heterocycles. The third-order valence-corrected chi connectivity index (χ3v) is 1.59. The van der Waals surface area contributed by atoms with Gasteiger partial charge in [0.05, 0.1) is 7.05 Å². The number of carbonyl (C=O) groups excluding carboxylic acids is 1. The predicted molar refractivity (Wildman–Crippen MR) is 46.6 cm³/mol. The van der Waals surface area contributed by atoms with Crippen molar-refractivity contribution in [3.05, 3.63) is 24.5 Å². The molecule has 0 aromatic carbocycles. The van der Waals surface area contributed by atoms with Crippen LogP contribution in [0.25, 0.3) is 0 Å². The second kappa shape index (κ2) is 3.86. The maximum atomic E-state index is 11.3. The topological polar surface area (TPSA) is 87.7 Å². The van der Waals surface area contributed by atoms with E-state index in [1.807, 2.05) is 0 Å². The maximum absolute atomic E-state index is 11.3. The molecule has 0 aliphatic rings. The van der Waals surface area contributed by atoms with Gasteiger partial charge in [-0.05, 0) is 5.21 Å². The van der Waals surface area contributed by atoms with Gasteiger partial charge < -0.3 is 4.74 Å². The molecule has 0 spiro atoms. The first-order chi connectivity index (χ1) is 7.25. The van der Waals surface area contributed by atoms with Crippen molar-refractivity contribution >= 4 is 6.09 Å². The smallest absolute Gasteiger partial charge is 0.419 e. The molecule has 0 N–H and O–H groups in total. The Kier molecular flexibility index (Phi) is 2.40. The van der Waals surface area contributed by atoms with Gasteiger partial charge in [0.15, 0.2) is 6.61 Å². The Morgan fingerprint density at radius 3 is 3.07 bits per heavy atom. The minimum Gasteiger partial charge on any atom is -0.441 e. The van der Waals surface area contributed by atoms with Gasteiger partial charge in [0.25, 0.3) is 0 Å². The standard InChI is InChI=1S/C7H8N6O2/c1-12-10-6(9-11-12)4-15-7(14)13-3-2-8-5-13/h2-3,5H,4H2,1H3. The van der Waals surface area contributed by atoms with E-state index in [1.165, 1.54) is 28.1 Å². The summed E-state index contributed by atoms with van der Waals surface area (Å²) in [6, 6.07) is 0. The Morgan fingerprint density at radius 2 is 2.47 bits per heavy atom. The molecule has 0 atom stereocenters. The van der Waals surface area contributed by atoms with E-state index in [9.17, 15) is 4.79 Å². The molecule has 0 saturated heterocycles. The monoisotopic (exact) mass is 208 g/mol. The lowest BCUT2D eigenvalue weighted by molar-refractivity contribution is 0.138. The van der Waals surface area contributed by atoms with Gasteiger partial charge in [-0.1, -0.05) is 0 Å². The van der Waals surface area contributed by atoms with E-state index in [0.717, 1.165) is 0 Å². The van der Waals surface area contributed by atoms with E-state index in [4.69, 9.17) is 4.74 Å². The van der Waals surface area contributed by atoms with E-state index in [1.54, 1.807) is 7.05 Å². The van der Waals surface area contributed by atoms with Crippen molar-refractivity contribution < 1.29 is 9.53 Å². The molecule has 0 saturated carbocycles. The summed E-state index contributed by atoms with van der Waals surface area (Å²) in [5, 5.41) is 11.1. The lowest BCUT2D eigenvalue weighted by Gasteiger charge is -2.00. The first-order valence-corrected chi connectivity index (χ1v) is 4.13. The molecule has 0 radical (unpaired) electrons. The quantitative estimate of drug-likeness (QED) is 0.666. The molecule has 0 aliphatic carbocycles. The van der Waals surface area contributed by atoms with Crippen LogP contribution >= 0.6 is 0 Å². The van der Waals surface area contributed by atoms with Crippen molar-refractivity contribution in [2.24, 2.45) is 7.05 Å². The van der Waals surface area contributed by atoms with Crippen LogP contribution in [0.4, 0.5) is 4.79 Å². The van der Waals surface area contributed by atoms with Gasteiger partial charge in [0.1, 0.15) is 6.33 Å². The number of ether oxygens (including phenoxy) is 1. The minimum atomic E-state index is -0.528. The second-order valence-electron chi connectivity index (χ2n) is 2.72. The molecular formula is C7H8N6O2. The number of carbonyl (C=O) groups is 1. The van der Waals surface area contributed by atoms with Crippen molar-refractivity contribution in [2.45, 2.75) is 6.61 Å². The number of imidazole rings is 1. The maximum Gasteiger partial charge on any atom is 0.419 e. The fraction of sp³-hybridized carbons (Fsp3) is 0.286. The van der Waals surface area contributed by atoms with Crippen LogP contribution in [0.1, 0.15) is 5.82 Å². The van der Waals surface area contributed by atoms with E-state index in [2.05, 4.69) is 20.4 Å². The van der Waals surface area contributed by atoms with Crippen LogP contribution in [0, 0.1) is 0 Å². The predicted octanol–water partition coefficient (Wildman–Crippen LogP) is -0.409. The number of hydrogen-bond donors (Lipinski definition) is 0. The Balaban J connectivity index is 1.91. The SMILES string of the molecule is Cn1nnc(COC(=O)n2ccnc2)n1. The lowest BCUT2D eigenvalue weighted by Crippen LogP contribution is -2.12. The summed E-state index contributed by atoms with van der Waals surface area (Å²) in [5.74, 6) is 0.353. The van der Waals surface area contributed by atoms with Crippen molar-refractivity contribution in [1.29, 1.82) is 0 Å². The fourth-order valence-corrected chi connectivity index (χ4v) is 0.949. The van der Waals surface area contributed by atoms with Crippen LogP contribution in [0.5, 0.6) is 0 Å². The van der Waals surface area contributed by atoms with Crippen LogP contribution in [0.15, 0.2) is 18.7 Å². The average molecular weight is 208 g/mol. The third-order valence-electron chi connectivity index (χ3n) is 1.59. The zero-order valence-corrected chi connectivity index (χ0v) is 7.94. The summed E-state index contributed by atoms with van der Waals surface area (Å²) < 4.78 is 6.11. The zero-order valence-electron chi connectivity index (χ0n) is 7.94. The molecular weight excluding hydrogens is 200 g/mol. The summed E-state index contributed by atoms with van der Waals surface area (Å²) in [7, 11) is 1.63. The number of rotatable bonds is 2. The Morgan fingerprint density at radius 1 is 1.60 bits per heavy atom. The van der Waals surface area contributed by atoms with Crippen LogP contribution in [0.3, 0.4) is 0 Å². The highest BCUT2D eigenvalue weighted by atomic mass is 16.5. The number of nitrogens with zero attached hydrogens (tertiary/aromatic N) is 6. The van der Waals surface area contributed by atoms with Crippen LogP contribution in [-0.4, -0.2) is 35.9 Å². The molecule has 2 aromatic rings. The van der Waals surface area contributed by atoms with E-state index < -0.39 is 6.09 Å². The average Bonchev–Trinajstić information content (AvgIpc) is 2.84. The molecule has 15 heavy (non-hydrogen) atoms. The molecule has 8 nitrogen and oxygen atoms in total. The molecule has 0 aliphatic heterocycles. The van der Waals surface area contributed by atoms with Gasteiger partial charge in [-0.25, -0.2) is 14.3 Å². The largest absolute Gasteiger partial charge is 0.441 e. The first-order valence-electron chi connectivity index (χ1n) is 4.13. The van der Waals surface area contributed by atoms with Gasteiger partial charge in [-0.3, -0.25) is 0 Å². The first kappa shape index (κ1) is 9.31. The number of aryl methyl sites for hydroxylation is 1. The summed E-state index contributed by atoms with van der Waals surface area (Å²) >= 11 is 0. The highest BCUT2D eigenvalue weighted by Crippen LogP contribution is 1.94. The number of tetrazole rings is 1. The van der Waals surface area contributed by atoms with Crippen molar-refractivity contribution in [3.63, 3.8) is 0 Å². The summed E-state index contributed by atoms with van der Waals surface area (Å²) in [5.41, 5.74) is 0. The molecule has 78 valence electrons. The number of aromatic nitrogens is 6. The number of hydrogen-bond acceptors (Lipinski definition) is 6. The third kappa shape index (κ3) is 2.16. The lowest BCUT2D eigenvalue weighted by atomic mass is 10.7. The fourth-order valence-electron chi connectivity index (χ4n) is 0.949. The minimum absolute atomic E-state index is 0.00907. The molecule has 0 amide bonds. The summed E-state index contributed by atoms with van der Waals surface area (Å²) in [6.07, 6.45) is 3.81. The van der Waals surface area contributed by atoms with Crippen LogP contribution < -0.4 is 0 Å². The van der Waals surface area contributed by atoms with E-state index in [-0.39, 0.29) is 6.61 Å². The van der Waals surface area contributed by atoms with Crippen molar-refractivity contribution in [2.75, 3.05) is 0 Å². The highest BCUT2D eigenvalue weighted by molar-refractivity contribution is 5.69. The van der Waals surface area contributed by atoms with Crippen LogP contribution in [0.2, 0.25) is 0 Å². The Bertz CT molecular complexity index is 448. The van der Waals surface area contributed by atoms with Gasteiger partial charge in [0.2, 0.25) is 5.82 Å². The van der Waals surface area contributed by atoms with Crippen molar-refractivity contribution in [3.8, 4) is 0 Å². The summed E-state index contributed by atoms with van der Waals surface area (Å²) in [4.78, 5) is 16.3. The van der Waals surface area contributed by atoms with E-state index in [0.29, 0.717) is 5.82 Å². The van der Waals surface area contributed by atoms with Gasteiger partial charge >= 0.3 is 6.09 Å². The zero-order chi connectivity index (χ0) is 10.7. The molecule has 0 unspecified atom stereocenters.